The van der Waals surface area contributed by atoms with Gasteiger partial charge in [-0.3, -0.25) is 13.7 Å². The quantitative estimate of drug-likeness (QED) is 0.0532. The molecule has 19 nitrogen and oxygen atoms in total. The van der Waals surface area contributed by atoms with Crippen LogP contribution in [0.2, 0.25) is 0 Å². The molecule has 22 heteroatoms. The Bertz CT molecular complexity index is 3460. The van der Waals surface area contributed by atoms with Crippen LogP contribution in [0.25, 0.3) is 21.5 Å². The summed E-state index contributed by atoms with van der Waals surface area (Å²) in [5, 5.41) is 40.1. The second-order valence-electron chi connectivity index (χ2n) is 13.9. The molecular weight excluding hydrogens is 891 g/mol. The number of methoxy groups -OCH3 is 2. The highest BCUT2D eigenvalue weighted by atomic mass is 32.2. The van der Waals surface area contributed by atoms with Gasteiger partial charge in [0.15, 0.2) is 5.75 Å². The lowest BCUT2D eigenvalue weighted by atomic mass is 10.1. The second-order valence-corrected chi connectivity index (χ2v) is 18.1. The summed E-state index contributed by atoms with van der Waals surface area (Å²) in [5.41, 5.74) is 2.25. The number of phenolic OH excluding ortho intramolecular Hbond substituents is 1. The van der Waals surface area contributed by atoms with E-state index in [2.05, 4.69) is 36.0 Å². The fourth-order valence-corrected chi connectivity index (χ4v) is 8.53. The zero-order valence-corrected chi connectivity index (χ0v) is 36.3. The minimum absolute atomic E-state index is 0.0680. The lowest BCUT2D eigenvalue weighted by molar-refractivity contribution is 0.415. The molecule has 0 saturated heterocycles. The molecule has 0 amide bonds. The van der Waals surface area contributed by atoms with Crippen LogP contribution in [0, 0.1) is 13.8 Å². The smallest absolute Gasteiger partial charge is 0.296 e. The van der Waals surface area contributed by atoms with E-state index in [1.165, 1.54) is 50.6 Å². The van der Waals surface area contributed by atoms with Crippen LogP contribution in [0.15, 0.2) is 155 Å². The topological polar surface area (TPSA) is 288 Å². The number of hydrogen-bond acceptors (Lipinski definition) is 16. The van der Waals surface area contributed by atoms with E-state index in [0.29, 0.717) is 27.9 Å². The molecule has 7 aromatic rings. The Morgan fingerprint density at radius 3 is 1.56 bits per heavy atom. The summed E-state index contributed by atoms with van der Waals surface area (Å²) >= 11 is 0. The van der Waals surface area contributed by atoms with Crippen LogP contribution in [-0.4, -0.2) is 58.2 Å². The molecule has 0 radical (unpaired) electrons. The fraction of sp³-hybridized carbons (Fsp3) is 0.0952. The first kappa shape index (κ1) is 44.8. The van der Waals surface area contributed by atoms with Crippen molar-refractivity contribution in [1.29, 1.82) is 0 Å². The Morgan fingerprint density at radius 1 is 0.469 bits per heavy atom. The third-order valence-corrected chi connectivity index (χ3v) is 12.3. The van der Waals surface area contributed by atoms with E-state index in [4.69, 9.17) is 9.47 Å². The molecule has 7 rings (SSSR count). The monoisotopic (exact) mass is 925 g/mol. The van der Waals surface area contributed by atoms with Crippen LogP contribution in [0.4, 0.5) is 45.5 Å². The Balaban J connectivity index is 1.19. The van der Waals surface area contributed by atoms with Crippen molar-refractivity contribution in [1.82, 2.24) is 0 Å². The average Bonchev–Trinajstić information content (AvgIpc) is 3.24. The number of nitrogens with zero attached hydrogens (tertiary/aromatic N) is 6. The Hall–Kier alpha value is -7.21. The third-order valence-electron chi connectivity index (χ3n) is 9.65. The van der Waals surface area contributed by atoms with Gasteiger partial charge in [0.1, 0.15) is 48.9 Å². The van der Waals surface area contributed by atoms with Crippen molar-refractivity contribution in [2.24, 2.45) is 30.7 Å². The molecule has 0 aromatic heterocycles. The lowest BCUT2D eigenvalue weighted by Crippen LogP contribution is -2.01. The highest BCUT2D eigenvalue weighted by Crippen LogP contribution is 2.44. The average molecular weight is 926 g/mol. The summed E-state index contributed by atoms with van der Waals surface area (Å²) in [4.78, 5) is -1.85. The van der Waals surface area contributed by atoms with Crippen molar-refractivity contribution in [2.75, 3.05) is 19.5 Å². The lowest BCUT2D eigenvalue weighted by Gasteiger charge is -2.12. The van der Waals surface area contributed by atoms with E-state index >= 15 is 0 Å². The summed E-state index contributed by atoms with van der Waals surface area (Å²) < 4.78 is 115. The van der Waals surface area contributed by atoms with Crippen molar-refractivity contribution < 1.29 is 53.5 Å². The van der Waals surface area contributed by atoms with Gasteiger partial charge >= 0.3 is 0 Å². The number of para-hydroxylation sites is 1. The predicted octanol–water partition coefficient (Wildman–Crippen LogP) is 11.1. The molecular formula is C42H35N7O12S3. The van der Waals surface area contributed by atoms with Gasteiger partial charge in [0.25, 0.3) is 30.4 Å². The highest BCUT2D eigenvalue weighted by Gasteiger charge is 2.24. The van der Waals surface area contributed by atoms with Crippen LogP contribution in [0.5, 0.6) is 17.2 Å². The molecule has 328 valence electrons. The molecule has 0 heterocycles. The molecule has 0 aliphatic rings. The molecule has 0 unspecified atom stereocenters. The van der Waals surface area contributed by atoms with E-state index < -0.39 is 62.2 Å². The first-order valence-corrected chi connectivity index (χ1v) is 22.8. The van der Waals surface area contributed by atoms with E-state index in [-0.39, 0.29) is 44.7 Å². The summed E-state index contributed by atoms with van der Waals surface area (Å²) in [7, 11) is -11.8. The third kappa shape index (κ3) is 9.56. The molecule has 0 atom stereocenters. The van der Waals surface area contributed by atoms with Gasteiger partial charge in [-0.25, -0.2) is 0 Å². The number of rotatable bonds is 13. The molecule has 0 aliphatic carbocycles. The van der Waals surface area contributed by atoms with Gasteiger partial charge in [-0.05, 0) is 102 Å². The highest BCUT2D eigenvalue weighted by molar-refractivity contribution is 7.86. The van der Waals surface area contributed by atoms with E-state index in [0.717, 1.165) is 23.9 Å². The summed E-state index contributed by atoms with van der Waals surface area (Å²) in [6.07, 6.45) is 0. The number of fused-ring (bicyclic) bond motifs is 2. The maximum Gasteiger partial charge on any atom is 0.296 e. The molecule has 0 bridgehead atoms. The van der Waals surface area contributed by atoms with E-state index in [9.17, 15) is 44.0 Å². The van der Waals surface area contributed by atoms with Gasteiger partial charge in [0, 0.05) is 34.3 Å². The fourth-order valence-electron chi connectivity index (χ4n) is 6.53. The molecule has 5 N–H and O–H groups in total. The van der Waals surface area contributed by atoms with Crippen LogP contribution in [0.3, 0.4) is 0 Å². The molecule has 0 fully saturated rings. The largest absolute Gasteiger partial charge is 0.505 e. The summed E-state index contributed by atoms with van der Waals surface area (Å²) in [6, 6.07) is 27.2. The van der Waals surface area contributed by atoms with E-state index in [1.54, 1.807) is 38.1 Å². The van der Waals surface area contributed by atoms with Crippen molar-refractivity contribution in [3.8, 4) is 17.2 Å². The molecule has 0 saturated carbocycles. The normalized spacial score (nSPS) is 12.5. The maximum atomic E-state index is 12.6. The van der Waals surface area contributed by atoms with Crippen LogP contribution in [-0.2, 0) is 30.4 Å². The number of benzene rings is 7. The minimum Gasteiger partial charge on any atom is -0.505 e. The van der Waals surface area contributed by atoms with Crippen LogP contribution in [0.1, 0.15) is 11.1 Å². The van der Waals surface area contributed by atoms with Crippen molar-refractivity contribution in [2.45, 2.75) is 28.5 Å². The van der Waals surface area contributed by atoms with Crippen molar-refractivity contribution in [3.05, 3.63) is 120 Å². The SMILES string of the molecule is COc1cc(N=Nc2cc3c(S(=O)(=O)O)cccc3cc2S(=O)(=O)O)c(C)cc1N=Nc1cc(OC)c(N=Nc2c(S(=O)(=O)O)cc3cc(Nc4ccccc4)ccc3c2O)cc1C. The van der Waals surface area contributed by atoms with Crippen molar-refractivity contribution >= 4 is 97.4 Å². The number of anilines is 2. The Morgan fingerprint density at radius 2 is 1.00 bits per heavy atom. The number of azo groups is 3. The number of aryl methyl sites for hydroxylation is 2. The summed E-state index contributed by atoms with van der Waals surface area (Å²) in [5.74, 6) is -0.244. The zero-order chi connectivity index (χ0) is 46.1. The van der Waals surface area contributed by atoms with Crippen LogP contribution < -0.4 is 14.8 Å². The first-order chi connectivity index (χ1) is 30.2. The van der Waals surface area contributed by atoms with Gasteiger partial charge in [0.2, 0.25) is 0 Å². The standard InChI is InChI=1S/C42H35N7O12S3/c1-23-15-33(36(60-3)22-32(23)45-48-35-20-30-25(18-39(35)63(54,55)56)9-8-12-38(30)62(51,52)53)46-44-31-21-37(61-4)34(16-24(31)2)47-49-41-40(64(57,58)59)19-26-17-28(13-14-29(26)42(41)50)43-27-10-6-5-7-11-27/h5-22,43,50H,1-4H3,(H,51,52,53)(H,54,55,56)(H,57,58,59). The summed E-state index contributed by atoms with van der Waals surface area (Å²) in [6.45, 7) is 3.33. The number of ether oxygens (including phenoxy) is 2. The molecule has 7 aromatic carbocycles. The van der Waals surface area contributed by atoms with Gasteiger partial charge < -0.3 is 19.9 Å². The number of phenols is 1. The van der Waals surface area contributed by atoms with Gasteiger partial charge in [-0.15, -0.1) is 20.5 Å². The first-order valence-electron chi connectivity index (χ1n) is 18.5. The Kier molecular flexibility index (Phi) is 12.3. The second kappa shape index (κ2) is 17.5. The molecule has 0 aliphatic heterocycles. The van der Waals surface area contributed by atoms with Gasteiger partial charge in [0.05, 0.1) is 25.6 Å². The van der Waals surface area contributed by atoms with Gasteiger partial charge in [-0.2, -0.15) is 35.5 Å². The van der Waals surface area contributed by atoms with Gasteiger partial charge in [-0.1, -0.05) is 30.3 Å². The number of nitrogens with one attached hydrogen (secondary N) is 1. The van der Waals surface area contributed by atoms with Crippen molar-refractivity contribution in [3.63, 3.8) is 0 Å². The Labute approximate surface area is 365 Å². The maximum absolute atomic E-state index is 12.6. The van der Waals surface area contributed by atoms with Crippen LogP contribution >= 0.6 is 0 Å². The number of hydrogen-bond donors (Lipinski definition) is 5. The molecule has 0 spiro atoms. The predicted molar refractivity (Wildman–Crippen MR) is 237 cm³/mol. The number of aromatic hydroxyl groups is 1. The van der Waals surface area contributed by atoms with E-state index in [1.807, 2.05) is 30.3 Å². The minimum atomic E-state index is -4.91. The zero-order valence-electron chi connectivity index (χ0n) is 33.9. The molecule has 64 heavy (non-hydrogen) atoms.